The third-order valence-corrected chi connectivity index (χ3v) is 4.35. The number of carbonyl (C=O) groups excluding carboxylic acids is 1. The number of H-pyrrole nitrogens is 1. The van der Waals surface area contributed by atoms with Crippen molar-refractivity contribution in [2.24, 2.45) is 11.0 Å². The van der Waals surface area contributed by atoms with E-state index in [-0.39, 0.29) is 11.8 Å². The molecule has 23 heavy (non-hydrogen) atoms. The predicted molar refractivity (Wildman–Crippen MR) is 91.3 cm³/mol. The Kier molecular flexibility index (Phi) is 3.42. The molecule has 4 heteroatoms. The summed E-state index contributed by atoms with van der Waals surface area (Å²) in [5, 5.41) is 5.21. The van der Waals surface area contributed by atoms with Gasteiger partial charge in [-0.1, -0.05) is 48.5 Å². The van der Waals surface area contributed by atoms with Gasteiger partial charge in [-0.3, -0.25) is 4.79 Å². The molecule has 0 saturated heterocycles. The SMILES string of the molecule is O=C(N/N=C/c1c[nH]c2ccccc12)C1CC1c1ccccc1. The molecular formula is C19H17N3O. The van der Waals surface area contributed by atoms with Gasteiger partial charge in [0.15, 0.2) is 0 Å². The van der Waals surface area contributed by atoms with Crippen LogP contribution in [-0.2, 0) is 4.79 Å². The number of nitrogens with one attached hydrogen (secondary N) is 2. The van der Waals surface area contributed by atoms with Gasteiger partial charge in [0.1, 0.15) is 0 Å². The van der Waals surface area contributed by atoms with Crippen LogP contribution >= 0.6 is 0 Å². The molecule has 1 saturated carbocycles. The summed E-state index contributed by atoms with van der Waals surface area (Å²) >= 11 is 0. The van der Waals surface area contributed by atoms with Crippen molar-refractivity contribution < 1.29 is 4.79 Å². The Bertz CT molecular complexity index is 866. The van der Waals surface area contributed by atoms with Crippen molar-refractivity contribution in [3.05, 3.63) is 71.9 Å². The van der Waals surface area contributed by atoms with Crippen LogP contribution in [0.25, 0.3) is 10.9 Å². The Morgan fingerprint density at radius 1 is 1.13 bits per heavy atom. The number of aromatic nitrogens is 1. The number of hydrazone groups is 1. The van der Waals surface area contributed by atoms with E-state index in [9.17, 15) is 4.79 Å². The lowest BCUT2D eigenvalue weighted by molar-refractivity contribution is -0.122. The number of carbonyl (C=O) groups is 1. The van der Waals surface area contributed by atoms with Crippen molar-refractivity contribution in [1.29, 1.82) is 0 Å². The van der Waals surface area contributed by atoms with Gasteiger partial charge in [-0.15, -0.1) is 0 Å². The van der Waals surface area contributed by atoms with E-state index in [1.165, 1.54) is 5.56 Å². The molecule has 2 unspecified atom stereocenters. The number of hydrogen-bond donors (Lipinski definition) is 2. The van der Waals surface area contributed by atoms with Crippen LogP contribution in [0.3, 0.4) is 0 Å². The molecule has 2 atom stereocenters. The Morgan fingerprint density at radius 3 is 2.78 bits per heavy atom. The number of aromatic amines is 1. The molecule has 1 aliphatic carbocycles. The highest BCUT2D eigenvalue weighted by Gasteiger charge is 2.43. The second-order valence-corrected chi connectivity index (χ2v) is 5.88. The summed E-state index contributed by atoms with van der Waals surface area (Å²) in [4.78, 5) is 15.3. The molecule has 4 nitrogen and oxygen atoms in total. The Morgan fingerprint density at radius 2 is 1.91 bits per heavy atom. The van der Waals surface area contributed by atoms with E-state index in [1.54, 1.807) is 6.21 Å². The molecular weight excluding hydrogens is 286 g/mol. The molecule has 1 heterocycles. The maximum atomic E-state index is 12.1. The molecule has 114 valence electrons. The van der Waals surface area contributed by atoms with Crippen LogP contribution in [-0.4, -0.2) is 17.1 Å². The third-order valence-electron chi connectivity index (χ3n) is 4.35. The zero-order valence-corrected chi connectivity index (χ0v) is 12.6. The minimum absolute atomic E-state index is 0.00468. The van der Waals surface area contributed by atoms with Crippen LogP contribution in [0.5, 0.6) is 0 Å². The number of fused-ring (bicyclic) bond motifs is 1. The summed E-state index contributed by atoms with van der Waals surface area (Å²) < 4.78 is 0. The molecule has 0 bridgehead atoms. The van der Waals surface area contributed by atoms with Gasteiger partial charge in [0.25, 0.3) is 0 Å². The van der Waals surface area contributed by atoms with Crippen molar-refractivity contribution >= 4 is 23.0 Å². The first-order valence-electron chi connectivity index (χ1n) is 7.77. The average molecular weight is 303 g/mol. The topological polar surface area (TPSA) is 57.2 Å². The van der Waals surface area contributed by atoms with Gasteiger partial charge in [-0.25, -0.2) is 5.43 Å². The lowest BCUT2D eigenvalue weighted by atomic mass is 10.1. The summed E-state index contributed by atoms with van der Waals surface area (Å²) in [6, 6.07) is 18.2. The second-order valence-electron chi connectivity index (χ2n) is 5.88. The van der Waals surface area contributed by atoms with E-state index in [0.717, 1.165) is 22.9 Å². The van der Waals surface area contributed by atoms with Crippen molar-refractivity contribution in [1.82, 2.24) is 10.4 Å². The third kappa shape index (κ3) is 2.75. The van der Waals surface area contributed by atoms with E-state index < -0.39 is 0 Å². The van der Waals surface area contributed by atoms with Crippen LogP contribution in [0.15, 0.2) is 65.9 Å². The number of nitrogens with zero attached hydrogens (tertiary/aromatic N) is 1. The van der Waals surface area contributed by atoms with Gasteiger partial charge in [0.2, 0.25) is 5.91 Å². The lowest BCUT2D eigenvalue weighted by Crippen LogP contribution is -2.20. The van der Waals surface area contributed by atoms with Gasteiger partial charge in [0.05, 0.1) is 6.21 Å². The second kappa shape index (κ2) is 5.72. The number of rotatable bonds is 4. The maximum absolute atomic E-state index is 12.1. The summed E-state index contributed by atoms with van der Waals surface area (Å²) in [6.07, 6.45) is 4.49. The van der Waals surface area contributed by atoms with Gasteiger partial charge in [0, 0.05) is 28.6 Å². The molecule has 3 aromatic rings. The van der Waals surface area contributed by atoms with Gasteiger partial charge in [-0.2, -0.15) is 5.10 Å². The molecule has 2 aromatic carbocycles. The Labute approximate surface area is 134 Å². The van der Waals surface area contributed by atoms with Crippen LogP contribution < -0.4 is 5.43 Å². The zero-order valence-electron chi connectivity index (χ0n) is 12.6. The highest BCUT2D eigenvalue weighted by Crippen LogP contribution is 2.47. The van der Waals surface area contributed by atoms with Gasteiger partial charge in [-0.05, 0) is 24.0 Å². The van der Waals surface area contributed by atoms with Crippen LogP contribution in [0.2, 0.25) is 0 Å². The summed E-state index contributed by atoms with van der Waals surface area (Å²) in [7, 11) is 0. The first kappa shape index (κ1) is 13.8. The number of amides is 1. The van der Waals surface area contributed by atoms with Crippen LogP contribution in [0.1, 0.15) is 23.5 Å². The molecule has 1 fully saturated rings. The number of hydrogen-bond acceptors (Lipinski definition) is 2. The predicted octanol–water partition coefficient (Wildman–Crippen LogP) is 3.42. The van der Waals surface area contributed by atoms with E-state index in [0.29, 0.717) is 5.92 Å². The van der Waals surface area contributed by atoms with E-state index in [4.69, 9.17) is 0 Å². The normalized spacial score (nSPS) is 20.0. The summed E-state index contributed by atoms with van der Waals surface area (Å²) in [6.45, 7) is 0. The van der Waals surface area contributed by atoms with Gasteiger partial charge < -0.3 is 4.98 Å². The minimum Gasteiger partial charge on any atom is -0.361 e. The van der Waals surface area contributed by atoms with E-state index in [2.05, 4.69) is 27.6 Å². The molecule has 1 amide bonds. The lowest BCUT2D eigenvalue weighted by Gasteiger charge is -1.99. The zero-order chi connectivity index (χ0) is 15.6. The molecule has 1 aromatic heterocycles. The molecule has 0 radical (unpaired) electrons. The van der Waals surface area contributed by atoms with Crippen LogP contribution in [0.4, 0.5) is 0 Å². The van der Waals surface area contributed by atoms with Crippen molar-refractivity contribution in [3.63, 3.8) is 0 Å². The van der Waals surface area contributed by atoms with Crippen molar-refractivity contribution in [2.75, 3.05) is 0 Å². The maximum Gasteiger partial charge on any atom is 0.243 e. The van der Waals surface area contributed by atoms with E-state index >= 15 is 0 Å². The van der Waals surface area contributed by atoms with Crippen LogP contribution in [0, 0.1) is 5.92 Å². The van der Waals surface area contributed by atoms with Crippen molar-refractivity contribution in [2.45, 2.75) is 12.3 Å². The molecule has 2 N–H and O–H groups in total. The highest BCUT2D eigenvalue weighted by atomic mass is 16.2. The Hall–Kier alpha value is -2.88. The molecule has 4 rings (SSSR count). The molecule has 0 spiro atoms. The highest BCUT2D eigenvalue weighted by molar-refractivity contribution is 5.99. The standard InChI is InChI=1S/C19H17N3O/c23-19(17-10-16(17)13-6-2-1-3-7-13)22-21-12-14-11-20-18-9-5-4-8-15(14)18/h1-9,11-12,16-17,20H,10H2,(H,22,23)/b21-12+. The van der Waals surface area contributed by atoms with Crippen molar-refractivity contribution in [3.8, 4) is 0 Å². The fraction of sp³-hybridized carbons (Fsp3) is 0.158. The quantitative estimate of drug-likeness (QED) is 0.563. The molecule has 0 aliphatic heterocycles. The van der Waals surface area contributed by atoms with Gasteiger partial charge >= 0.3 is 0 Å². The van der Waals surface area contributed by atoms with E-state index in [1.807, 2.05) is 48.7 Å². The number of para-hydroxylation sites is 1. The smallest absolute Gasteiger partial charge is 0.243 e. The molecule has 1 aliphatic rings. The Balaban J connectivity index is 1.39. The number of benzene rings is 2. The average Bonchev–Trinajstić information content (AvgIpc) is 3.31. The largest absolute Gasteiger partial charge is 0.361 e. The summed E-state index contributed by atoms with van der Waals surface area (Å²) in [5.41, 5.74) is 5.92. The first-order chi connectivity index (χ1) is 11.3. The monoisotopic (exact) mass is 303 g/mol. The summed E-state index contributed by atoms with van der Waals surface area (Å²) in [5.74, 6) is 0.368. The minimum atomic E-state index is -0.00468. The first-order valence-corrected chi connectivity index (χ1v) is 7.77. The fourth-order valence-corrected chi connectivity index (χ4v) is 3.00. The fourth-order valence-electron chi connectivity index (χ4n) is 3.00.